The fourth-order valence-corrected chi connectivity index (χ4v) is 2.01. The number of ether oxygens (including phenoxy) is 2. The van der Waals surface area contributed by atoms with E-state index in [2.05, 4.69) is 9.97 Å². The van der Waals surface area contributed by atoms with Crippen molar-refractivity contribution in [1.29, 1.82) is 0 Å². The predicted molar refractivity (Wildman–Crippen MR) is 80.9 cm³/mol. The Bertz CT molecular complexity index is 609. The Morgan fingerprint density at radius 2 is 1.95 bits per heavy atom. The molecule has 2 aromatic rings. The van der Waals surface area contributed by atoms with Crippen molar-refractivity contribution in [2.75, 3.05) is 12.3 Å². The monoisotopic (exact) mass is 285 g/mol. The van der Waals surface area contributed by atoms with Gasteiger partial charge in [0.25, 0.3) is 0 Å². The van der Waals surface area contributed by atoms with Gasteiger partial charge in [0.15, 0.2) is 5.82 Å². The Kier molecular flexibility index (Phi) is 4.01. The summed E-state index contributed by atoms with van der Waals surface area (Å²) < 4.78 is 11.1. The van der Waals surface area contributed by atoms with Gasteiger partial charge in [-0.15, -0.1) is 0 Å². The average Bonchev–Trinajstić information content (AvgIpc) is 3.29. The minimum Gasteiger partial charge on any atom is -0.490 e. The minimum absolute atomic E-state index is 0.372. The van der Waals surface area contributed by atoms with E-state index in [0.29, 0.717) is 31.0 Å². The van der Waals surface area contributed by atoms with Crippen LogP contribution in [0.3, 0.4) is 0 Å². The lowest BCUT2D eigenvalue weighted by atomic mass is 10.1. The zero-order valence-corrected chi connectivity index (χ0v) is 12.1. The first-order valence-electron chi connectivity index (χ1n) is 7.23. The third-order valence-electron chi connectivity index (χ3n) is 3.20. The molecule has 0 radical (unpaired) electrons. The molecule has 1 aromatic heterocycles. The molecule has 0 bridgehead atoms. The number of nitrogens with two attached hydrogens (primary N) is 1. The van der Waals surface area contributed by atoms with Crippen LogP contribution in [0, 0.1) is 0 Å². The lowest BCUT2D eigenvalue weighted by molar-refractivity contribution is 0.128. The van der Waals surface area contributed by atoms with Gasteiger partial charge in [-0.05, 0) is 44.0 Å². The Hall–Kier alpha value is -2.14. The van der Waals surface area contributed by atoms with Crippen LogP contribution in [0.2, 0.25) is 0 Å². The van der Waals surface area contributed by atoms with Crippen LogP contribution in [0.25, 0.3) is 11.3 Å². The third-order valence-corrected chi connectivity index (χ3v) is 3.20. The van der Waals surface area contributed by atoms with Gasteiger partial charge in [-0.3, -0.25) is 0 Å². The number of hydrogen-bond acceptors (Lipinski definition) is 5. The summed E-state index contributed by atoms with van der Waals surface area (Å²) in [4.78, 5) is 8.67. The fraction of sp³-hybridized carbons (Fsp3) is 0.375. The van der Waals surface area contributed by atoms with Crippen LogP contribution in [0.15, 0.2) is 30.3 Å². The minimum atomic E-state index is 0.372. The smallest absolute Gasteiger partial charge is 0.157 e. The molecule has 1 aliphatic rings. The molecule has 5 heteroatoms. The molecule has 0 aliphatic heterocycles. The van der Waals surface area contributed by atoms with Crippen LogP contribution in [0.4, 0.5) is 5.82 Å². The van der Waals surface area contributed by atoms with Crippen LogP contribution in [-0.2, 0) is 11.3 Å². The third kappa shape index (κ3) is 3.70. The van der Waals surface area contributed by atoms with Crippen molar-refractivity contribution >= 4 is 5.82 Å². The maximum absolute atomic E-state index is 5.84. The van der Waals surface area contributed by atoms with Crippen molar-refractivity contribution < 1.29 is 9.47 Å². The van der Waals surface area contributed by atoms with Crippen molar-refractivity contribution in [2.24, 2.45) is 0 Å². The molecule has 0 atom stereocenters. The van der Waals surface area contributed by atoms with Crippen LogP contribution >= 0.6 is 0 Å². The van der Waals surface area contributed by atoms with Gasteiger partial charge in [0, 0.05) is 18.2 Å². The molecule has 0 unspecified atom stereocenters. The number of nitrogens with zero attached hydrogens (tertiary/aromatic N) is 2. The number of rotatable bonds is 6. The van der Waals surface area contributed by atoms with Gasteiger partial charge in [0.05, 0.1) is 11.8 Å². The van der Waals surface area contributed by atoms with Gasteiger partial charge in [-0.1, -0.05) is 0 Å². The van der Waals surface area contributed by atoms with Crippen LogP contribution in [0.5, 0.6) is 5.75 Å². The molecule has 0 saturated heterocycles. The molecule has 2 N–H and O–H groups in total. The van der Waals surface area contributed by atoms with E-state index in [0.717, 1.165) is 29.8 Å². The second-order valence-electron chi connectivity index (χ2n) is 5.07. The summed E-state index contributed by atoms with van der Waals surface area (Å²) in [6, 6.07) is 9.68. The Morgan fingerprint density at radius 1 is 1.19 bits per heavy atom. The zero-order valence-electron chi connectivity index (χ0n) is 12.1. The molecular formula is C16H19N3O2. The van der Waals surface area contributed by atoms with Gasteiger partial charge < -0.3 is 15.2 Å². The van der Waals surface area contributed by atoms with Crippen LogP contribution in [0.1, 0.15) is 25.6 Å². The van der Waals surface area contributed by atoms with Crippen molar-refractivity contribution in [3.63, 3.8) is 0 Å². The lowest BCUT2D eigenvalue weighted by Crippen LogP contribution is -2.03. The summed E-state index contributed by atoms with van der Waals surface area (Å²) in [5.41, 5.74) is 7.63. The molecule has 0 amide bonds. The van der Waals surface area contributed by atoms with Crippen LogP contribution < -0.4 is 10.5 Å². The van der Waals surface area contributed by atoms with E-state index in [1.807, 2.05) is 31.2 Å². The van der Waals surface area contributed by atoms with Gasteiger partial charge in [0.2, 0.25) is 0 Å². The molecule has 5 nitrogen and oxygen atoms in total. The highest BCUT2D eigenvalue weighted by atomic mass is 16.5. The van der Waals surface area contributed by atoms with E-state index in [1.165, 1.54) is 0 Å². The standard InChI is InChI=1S/C16H19N3O2/c1-2-20-10-16-18-14(9-15(17)19-16)11-3-5-12(6-4-11)21-13-7-8-13/h3-6,9,13H,2,7-8,10H2,1H3,(H2,17,18,19). The van der Waals surface area contributed by atoms with E-state index < -0.39 is 0 Å². The molecule has 3 rings (SSSR count). The maximum atomic E-state index is 5.84. The topological polar surface area (TPSA) is 70.3 Å². The molecular weight excluding hydrogens is 266 g/mol. The summed E-state index contributed by atoms with van der Waals surface area (Å²) in [5, 5.41) is 0. The SMILES string of the molecule is CCOCc1nc(N)cc(-c2ccc(OC3CC3)cc2)n1. The summed E-state index contributed by atoms with van der Waals surface area (Å²) in [6.07, 6.45) is 2.72. The van der Waals surface area contributed by atoms with Crippen molar-refractivity contribution in [1.82, 2.24) is 9.97 Å². The lowest BCUT2D eigenvalue weighted by Gasteiger charge is -2.08. The zero-order chi connectivity index (χ0) is 14.7. The van der Waals surface area contributed by atoms with E-state index in [1.54, 1.807) is 6.07 Å². The van der Waals surface area contributed by atoms with Crippen molar-refractivity contribution in [3.05, 3.63) is 36.2 Å². The largest absolute Gasteiger partial charge is 0.490 e. The van der Waals surface area contributed by atoms with E-state index in [9.17, 15) is 0 Å². The van der Waals surface area contributed by atoms with E-state index >= 15 is 0 Å². The summed E-state index contributed by atoms with van der Waals surface area (Å²) in [5.74, 6) is 1.95. The van der Waals surface area contributed by atoms with E-state index in [-0.39, 0.29) is 0 Å². The van der Waals surface area contributed by atoms with Crippen molar-refractivity contribution in [3.8, 4) is 17.0 Å². The molecule has 1 fully saturated rings. The summed E-state index contributed by atoms with van der Waals surface area (Å²) in [7, 11) is 0. The quantitative estimate of drug-likeness (QED) is 0.883. The Labute approximate surface area is 124 Å². The molecule has 1 heterocycles. The molecule has 21 heavy (non-hydrogen) atoms. The first kappa shape index (κ1) is 13.8. The highest BCUT2D eigenvalue weighted by Crippen LogP contribution is 2.28. The predicted octanol–water partition coefficient (Wildman–Crippen LogP) is 2.80. The van der Waals surface area contributed by atoms with E-state index in [4.69, 9.17) is 15.2 Å². The fourth-order valence-electron chi connectivity index (χ4n) is 2.01. The molecule has 1 aliphatic carbocycles. The molecule has 1 saturated carbocycles. The first-order valence-corrected chi connectivity index (χ1v) is 7.23. The van der Waals surface area contributed by atoms with Crippen LogP contribution in [-0.4, -0.2) is 22.7 Å². The maximum Gasteiger partial charge on any atom is 0.157 e. The summed E-state index contributed by atoms with van der Waals surface area (Å²) in [6.45, 7) is 2.93. The van der Waals surface area contributed by atoms with Crippen molar-refractivity contribution in [2.45, 2.75) is 32.5 Å². The molecule has 1 aromatic carbocycles. The van der Waals surface area contributed by atoms with Gasteiger partial charge in [-0.25, -0.2) is 9.97 Å². The van der Waals surface area contributed by atoms with Gasteiger partial charge in [0.1, 0.15) is 18.2 Å². The number of anilines is 1. The van der Waals surface area contributed by atoms with Gasteiger partial charge >= 0.3 is 0 Å². The molecule has 0 spiro atoms. The second-order valence-corrected chi connectivity index (χ2v) is 5.07. The number of aromatic nitrogens is 2. The van der Waals surface area contributed by atoms with Gasteiger partial charge in [-0.2, -0.15) is 0 Å². The first-order chi connectivity index (χ1) is 10.2. The number of benzene rings is 1. The average molecular weight is 285 g/mol. The number of nitrogen functional groups attached to an aromatic ring is 1. The Morgan fingerprint density at radius 3 is 2.62 bits per heavy atom. The normalized spacial score (nSPS) is 14.1. The highest BCUT2D eigenvalue weighted by molar-refractivity contribution is 5.62. The summed E-state index contributed by atoms with van der Waals surface area (Å²) >= 11 is 0. The number of hydrogen-bond donors (Lipinski definition) is 1. The molecule has 110 valence electrons. The highest BCUT2D eigenvalue weighted by Gasteiger charge is 2.23. The second kappa shape index (κ2) is 6.10. The Balaban J connectivity index is 1.79.